The zero-order chi connectivity index (χ0) is 9.68. The standard InChI is InChI=1S/C9H11Cl.CH3NO/c10-9-3-1-2-8(6-9)7-4-5-7;2-1-3/h3,6-7H,1-2,4-5H2;1H,(H2,2,3). The van der Waals surface area contributed by atoms with Crippen molar-refractivity contribution in [2.24, 2.45) is 11.7 Å². The Kier molecular flexibility index (Phi) is 4.03. The Hall–Kier alpha value is -0.760. The van der Waals surface area contributed by atoms with Gasteiger partial charge in [-0.1, -0.05) is 23.3 Å². The molecule has 1 fully saturated rings. The first-order chi connectivity index (χ1) is 6.27. The summed E-state index contributed by atoms with van der Waals surface area (Å²) in [6.45, 7) is 0. The lowest BCUT2D eigenvalue weighted by Gasteiger charge is -2.08. The van der Waals surface area contributed by atoms with E-state index in [-0.39, 0.29) is 6.41 Å². The highest BCUT2D eigenvalue weighted by Crippen LogP contribution is 2.40. The summed E-state index contributed by atoms with van der Waals surface area (Å²) < 4.78 is 0. The van der Waals surface area contributed by atoms with Crippen LogP contribution in [0.5, 0.6) is 0 Å². The predicted octanol–water partition coefficient (Wildman–Crippen LogP) is 2.34. The van der Waals surface area contributed by atoms with Crippen LogP contribution in [0.25, 0.3) is 0 Å². The largest absolute Gasteiger partial charge is 0.372 e. The van der Waals surface area contributed by atoms with Gasteiger partial charge in [0.1, 0.15) is 0 Å². The highest BCUT2D eigenvalue weighted by Gasteiger charge is 2.26. The van der Waals surface area contributed by atoms with Crippen LogP contribution in [0, 0.1) is 5.92 Å². The molecule has 3 heteroatoms. The van der Waals surface area contributed by atoms with Gasteiger partial charge in [-0.05, 0) is 37.7 Å². The summed E-state index contributed by atoms with van der Waals surface area (Å²) in [6.07, 6.45) is 9.71. The fourth-order valence-corrected chi connectivity index (χ4v) is 1.71. The van der Waals surface area contributed by atoms with Crippen LogP contribution >= 0.6 is 11.6 Å². The number of hydrogen-bond donors (Lipinski definition) is 1. The maximum Gasteiger partial charge on any atom is 0.204 e. The summed E-state index contributed by atoms with van der Waals surface area (Å²) in [5.41, 5.74) is 5.76. The molecule has 2 aliphatic rings. The molecule has 0 atom stereocenters. The Morgan fingerprint density at radius 1 is 1.54 bits per heavy atom. The van der Waals surface area contributed by atoms with E-state index in [2.05, 4.69) is 17.9 Å². The van der Waals surface area contributed by atoms with Crippen molar-refractivity contribution in [3.05, 3.63) is 22.8 Å². The Balaban J connectivity index is 0.000000251. The molecule has 13 heavy (non-hydrogen) atoms. The first-order valence-corrected chi connectivity index (χ1v) is 4.87. The zero-order valence-corrected chi connectivity index (χ0v) is 8.26. The van der Waals surface area contributed by atoms with E-state index in [1.54, 1.807) is 5.57 Å². The number of amides is 1. The number of primary amides is 1. The van der Waals surface area contributed by atoms with E-state index in [1.165, 1.54) is 19.3 Å². The highest BCUT2D eigenvalue weighted by atomic mass is 35.5. The van der Waals surface area contributed by atoms with Crippen LogP contribution in [0.3, 0.4) is 0 Å². The molecule has 2 aliphatic carbocycles. The van der Waals surface area contributed by atoms with Gasteiger partial charge in [-0.25, -0.2) is 0 Å². The van der Waals surface area contributed by atoms with Gasteiger partial charge in [-0.3, -0.25) is 4.79 Å². The maximum absolute atomic E-state index is 8.58. The topological polar surface area (TPSA) is 43.1 Å². The smallest absolute Gasteiger partial charge is 0.204 e. The van der Waals surface area contributed by atoms with Gasteiger partial charge in [0.2, 0.25) is 6.41 Å². The number of carbonyl (C=O) groups excluding carboxylic acids is 1. The summed E-state index contributed by atoms with van der Waals surface area (Å²) >= 11 is 5.87. The molecule has 0 saturated heterocycles. The molecule has 0 heterocycles. The Morgan fingerprint density at radius 3 is 2.62 bits per heavy atom. The van der Waals surface area contributed by atoms with Crippen LogP contribution in [0.1, 0.15) is 25.7 Å². The van der Waals surface area contributed by atoms with Crippen LogP contribution in [-0.4, -0.2) is 6.41 Å². The van der Waals surface area contributed by atoms with Crippen LogP contribution in [0.2, 0.25) is 0 Å². The average molecular weight is 200 g/mol. The van der Waals surface area contributed by atoms with E-state index in [4.69, 9.17) is 16.4 Å². The molecule has 1 saturated carbocycles. The van der Waals surface area contributed by atoms with Crippen LogP contribution in [-0.2, 0) is 4.79 Å². The molecule has 0 radical (unpaired) electrons. The summed E-state index contributed by atoms with van der Waals surface area (Å²) in [6, 6.07) is 0. The fourth-order valence-electron chi connectivity index (χ4n) is 1.46. The van der Waals surface area contributed by atoms with E-state index in [1.807, 2.05) is 0 Å². The predicted molar refractivity (Wildman–Crippen MR) is 54.2 cm³/mol. The van der Waals surface area contributed by atoms with Crippen LogP contribution < -0.4 is 5.73 Å². The maximum atomic E-state index is 8.58. The van der Waals surface area contributed by atoms with Gasteiger partial charge in [0.05, 0.1) is 0 Å². The SMILES string of the molecule is ClC1=CCCC(C2CC2)=C1.NC=O. The lowest BCUT2D eigenvalue weighted by atomic mass is 10.0. The summed E-state index contributed by atoms with van der Waals surface area (Å²) in [4.78, 5) is 8.58. The first kappa shape index (κ1) is 10.3. The number of hydrogen-bond acceptors (Lipinski definition) is 1. The second kappa shape index (κ2) is 5.07. The molecule has 2 rings (SSSR count). The van der Waals surface area contributed by atoms with Crippen molar-refractivity contribution in [2.75, 3.05) is 0 Å². The third kappa shape index (κ3) is 3.64. The Labute approximate surface area is 83.4 Å². The van der Waals surface area contributed by atoms with Crippen molar-refractivity contribution < 1.29 is 4.79 Å². The number of nitrogens with two attached hydrogens (primary N) is 1. The van der Waals surface area contributed by atoms with Gasteiger partial charge in [0.25, 0.3) is 0 Å². The van der Waals surface area contributed by atoms with E-state index in [0.29, 0.717) is 0 Å². The minimum absolute atomic E-state index is 0.250. The van der Waals surface area contributed by atoms with E-state index >= 15 is 0 Å². The van der Waals surface area contributed by atoms with Crippen molar-refractivity contribution in [1.29, 1.82) is 0 Å². The van der Waals surface area contributed by atoms with E-state index < -0.39 is 0 Å². The third-order valence-corrected chi connectivity index (χ3v) is 2.46. The molecule has 0 bridgehead atoms. The van der Waals surface area contributed by atoms with Crippen LogP contribution in [0.15, 0.2) is 22.8 Å². The molecular weight excluding hydrogens is 186 g/mol. The fraction of sp³-hybridized carbons (Fsp3) is 0.500. The number of carbonyl (C=O) groups is 1. The van der Waals surface area contributed by atoms with Gasteiger partial charge in [0, 0.05) is 5.03 Å². The molecule has 0 aromatic heterocycles. The first-order valence-electron chi connectivity index (χ1n) is 4.49. The van der Waals surface area contributed by atoms with Gasteiger partial charge < -0.3 is 5.73 Å². The molecule has 0 unspecified atom stereocenters. The Morgan fingerprint density at radius 2 is 2.15 bits per heavy atom. The van der Waals surface area contributed by atoms with Gasteiger partial charge in [0.15, 0.2) is 0 Å². The zero-order valence-electron chi connectivity index (χ0n) is 7.50. The number of allylic oxidation sites excluding steroid dienone is 4. The normalized spacial score (nSPS) is 20.7. The van der Waals surface area contributed by atoms with Crippen molar-refractivity contribution in [3.63, 3.8) is 0 Å². The molecule has 0 aliphatic heterocycles. The minimum atomic E-state index is 0.250. The van der Waals surface area contributed by atoms with Crippen molar-refractivity contribution >= 4 is 18.0 Å². The summed E-state index contributed by atoms with van der Waals surface area (Å²) in [5.74, 6) is 0.905. The number of halogens is 1. The minimum Gasteiger partial charge on any atom is -0.372 e. The Bertz CT molecular complexity index is 241. The van der Waals surface area contributed by atoms with Crippen molar-refractivity contribution in [2.45, 2.75) is 25.7 Å². The molecular formula is C10H14ClNO. The van der Waals surface area contributed by atoms with Gasteiger partial charge in [-0.15, -0.1) is 0 Å². The molecule has 2 nitrogen and oxygen atoms in total. The van der Waals surface area contributed by atoms with Crippen molar-refractivity contribution in [1.82, 2.24) is 0 Å². The summed E-state index contributed by atoms with van der Waals surface area (Å²) in [5, 5.41) is 0.952. The second-order valence-electron chi connectivity index (χ2n) is 3.26. The number of rotatable bonds is 1. The van der Waals surface area contributed by atoms with Crippen molar-refractivity contribution in [3.8, 4) is 0 Å². The molecule has 0 aromatic carbocycles. The molecule has 1 amide bonds. The van der Waals surface area contributed by atoms with Gasteiger partial charge in [-0.2, -0.15) is 0 Å². The monoisotopic (exact) mass is 199 g/mol. The van der Waals surface area contributed by atoms with E-state index in [0.717, 1.165) is 17.4 Å². The molecule has 0 aromatic rings. The average Bonchev–Trinajstić information content (AvgIpc) is 2.87. The molecule has 72 valence electrons. The molecule has 0 spiro atoms. The van der Waals surface area contributed by atoms with E-state index in [9.17, 15) is 0 Å². The molecule has 2 N–H and O–H groups in total. The summed E-state index contributed by atoms with van der Waals surface area (Å²) in [7, 11) is 0. The lowest BCUT2D eigenvalue weighted by molar-refractivity contribution is -0.106. The third-order valence-electron chi connectivity index (χ3n) is 2.20. The second-order valence-corrected chi connectivity index (χ2v) is 3.69. The lowest BCUT2D eigenvalue weighted by Crippen LogP contribution is -1.90. The quantitative estimate of drug-likeness (QED) is 0.648. The van der Waals surface area contributed by atoms with Gasteiger partial charge >= 0.3 is 0 Å². The van der Waals surface area contributed by atoms with Crippen LogP contribution in [0.4, 0.5) is 0 Å². The highest BCUT2D eigenvalue weighted by molar-refractivity contribution is 6.31.